The van der Waals surface area contributed by atoms with Gasteiger partial charge in [-0.25, -0.2) is 4.79 Å². The van der Waals surface area contributed by atoms with Crippen molar-refractivity contribution in [3.05, 3.63) is 0 Å². The molecule has 124 valence electrons. The molecule has 5 nitrogen and oxygen atoms in total. The molecule has 4 atom stereocenters. The molecule has 4 unspecified atom stereocenters. The first kappa shape index (κ1) is 18.4. The molecule has 0 aromatic carbocycles. The van der Waals surface area contributed by atoms with E-state index >= 15 is 0 Å². The van der Waals surface area contributed by atoms with E-state index in [1.807, 2.05) is 20.8 Å². The minimum absolute atomic E-state index is 0.00885. The van der Waals surface area contributed by atoms with Crippen LogP contribution in [0, 0.1) is 5.92 Å². The molecule has 0 radical (unpaired) electrons. The summed E-state index contributed by atoms with van der Waals surface area (Å²) < 4.78 is 12.0. The molecule has 1 aliphatic carbocycles. The van der Waals surface area contributed by atoms with Crippen molar-refractivity contribution in [1.82, 2.24) is 10.6 Å². The predicted molar refractivity (Wildman–Crippen MR) is 86.7 cm³/mol. The van der Waals surface area contributed by atoms with Crippen LogP contribution in [0.2, 0.25) is 0 Å². The van der Waals surface area contributed by atoms with Crippen molar-refractivity contribution in [2.75, 3.05) is 12.3 Å². The zero-order valence-corrected chi connectivity index (χ0v) is 14.2. The molecule has 0 aromatic heterocycles. The summed E-state index contributed by atoms with van der Waals surface area (Å²) in [6, 6.07) is -0.203. The Hall–Kier alpha value is -0.620. The molecule has 21 heavy (non-hydrogen) atoms. The molecular formula is C15H30N2O3S. The zero-order chi connectivity index (χ0) is 15.8. The average molecular weight is 318 g/mol. The van der Waals surface area contributed by atoms with E-state index in [1.54, 1.807) is 0 Å². The number of urea groups is 1. The molecule has 0 spiro atoms. The summed E-state index contributed by atoms with van der Waals surface area (Å²) in [6.45, 7) is 6.30. The molecule has 0 aliphatic heterocycles. The van der Waals surface area contributed by atoms with Crippen LogP contribution in [0.25, 0.3) is 0 Å². The second-order valence-electron chi connectivity index (χ2n) is 6.10. The molecule has 0 saturated heterocycles. The second-order valence-corrected chi connectivity index (χ2v) is 8.04. The van der Waals surface area contributed by atoms with Crippen LogP contribution in [0.5, 0.6) is 0 Å². The van der Waals surface area contributed by atoms with Crippen LogP contribution < -0.4 is 10.6 Å². The molecule has 0 aromatic rings. The van der Waals surface area contributed by atoms with Crippen molar-refractivity contribution in [2.24, 2.45) is 5.92 Å². The smallest absolute Gasteiger partial charge is 0.315 e. The molecule has 1 fully saturated rings. The molecule has 0 heterocycles. The number of amides is 2. The number of aliphatic hydroxyl groups is 1. The number of hydrogen-bond acceptors (Lipinski definition) is 3. The van der Waals surface area contributed by atoms with Crippen LogP contribution in [-0.2, 0) is 10.8 Å². The second kappa shape index (κ2) is 9.41. The third-order valence-electron chi connectivity index (χ3n) is 4.14. The Balaban J connectivity index is 2.36. The lowest BCUT2D eigenvalue weighted by atomic mass is 9.95. The molecule has 6 heteroatoms. The molecule has 3 N–H and O–H groups in total. The lowest BCUT2D eigenvalue weighted by molar-refractivity contribution is 0.116. The van der Waals surface area contributed by atoms with Crippen molar-refractivity contribution in [2.45, 2.75) is 70.3 Å². The van der Waals surface area contributed by atoms with Gasteiger partial charge in [0.1, 0.15) is 0 Å². The summed E-state index contributed by atoms with van der Waals surface area (Å²) in [5, 5.41) is 15.5. The predicted octanol–water partition coefficient (Wildman–Crippen LogP) is 1.77. The maximum atomic E-state index is 12.0. The van der Waals surface area contributed by atoms with E-state index in [-0.39, 0.29) is 29.3 Å². The lowest BCUT2D eigenvalue weighted by Crippen LogP contribution is -2.50. The topological polar surface area (TPSA) is 78.4 Å². The number of hydrogen-bond donors (Lipinski definition) is 3. The maximum absolute atomic E-state index is 12.0. The third kappa shape index (κ3) is 6.34. The van der Waals surface area contributed by atoms with Crippen LogP contribution in [0.15, 0.2) is 0 Å². The molecule has 1 aliphatic rings. The monoisotopic (exact) mass is 318 g/mol. The molecular weight excluding hydrogens is 288 g/mol. The normalized spacial score (nSPS) is 25.4. The third-order valence-corrected chi connectivity index (χ3v) is 5.95. The zero-order valence-electron chi connectivity index (χ0n) is 13.4. The summed E-state index contributed by atoms with van der Waals surface area (Å²) in [6.07, 6.45) is 4.17. The van der Waals surface area contributed by atoms with Crippen molar-refractivity contribution in [3.63, 3.8) is 0 Å². The van der Waals surface area contributed by atoms with Gasteiger partial charge < -0.3 is 15.7 Å². The molecule has 2 amide bonds. The van der Waals surface area contributed by atoms with Gasteiger partial charge in [-0.3, -0.25) is 4.21 Å². The highest BCUT2D eigenvalue weighted by Crippen LogP contribution is 2.23. The van der Waals surface area contributed by atoms with E-state index in [1.165, 1.54) is 0 Å². The highest BCUT2D eigenvalue weighted by molar-refractivity contribution is 7.85. The van der Waals surface area contributed by atoms with E-state index in [0.29, 0.717) is 18.7 Å². The van der Waals surface area contributed by atoms with Gasteiger partial charge in [-0.1, -0.05) is 33.6 Å². The fourth-order valence-electron chi connectivity index (χ4n) is 2.68. The van der Waals surface area contributed by atoms with Gasteiger partial charge in [-0.15, -0.1) is 0 Å². The Morgan fingerprint density at radius 2 is 2.00 bits per heavy atom. The molecule has 1 rings (SSSR count). The number of nitrogens with one attached hydrogen (secondary N) is 2. The van der Waals surface area contributed by atoms with Crippen molar-refractivity contribution >= 4 is 16.8 Å². The van der Waals surface area contributed by atoms with Crippen LogP contribution in [0.3, 0.4) is 0 Å². The van der Waals surface area contributed by atoms with Gasteiger partial charge in [0, 0.05) is 29.1 Å². The van der Waals surface area contributed by atoms with Crippen LogP contribution in [-0.4, -0.2) is 45.0 Å². The Bertz CT molecular complexity index is 350. The first-order valence-corrected chi connectivity index (χ1v) is 9.43. The van der Waals surface area contributed by atoms with Crippen LogP contribution in [0.1, 0.15) is 52.9 Å². The summed E-state index contributed by atoms with van der Waals surface area (Å²) >= 11 is 0. The standard InChI is InChI=1S/C15H30N2O3S/c1-4-21(20)14-8-6-5-7-12(14)17-15(19)16-10-9-13(18)11(2)3/h11-14,18H,4-10H2,1-3H3,(H2,16,17,19). The van der Waals surface area contributed by atoms with E-state index < -0.39 is 10.8 Å². The average Bonchev–Trinajstić information content (AvgIpc) is 2.46. The van der Waals surface area contributed by atoms with Gasteiger partial charge in [0.15, 0.2) is 0 Å². The SMILES string of the molecule is CCS(=O)C1CCCCC1NC(=O)NCCC(O)C(C)C. The Morgan fingerprint density at radius 3 is 2.62 bits per heavy atom. The van der Waals surface area contributed by atoms with Crippen molar-refractivity contribution in [1.29, 1.82) is 0 Å². The van der Waals surface area contributed by atoms with E-state index in [4.69, 9.17) is 0 Å². The summed E-state index contributed by atoms with van der Waals surface area (Å²) in [5.74, 6) is 0.843. The number of aliphatic hydroxyl groups excluding tert-OH is 1. The van der Waals surface area contributed by atoms with Crippen molar-refractivity contribution < 1.29 is 14.1 Å². The maximum Gasteiger partial charge on any atom is 0.315 e. The van der Waals surface area contributed by atoms with E-state index in [0.717, 1.165) is 25.7 Å². The summed E-state index contributed by atoms with van der Waals surface area (Å²) in [7, 11) is -0.862. The van der Waals surface area contributed by atoms with Gasteiger partial charge in [0.05, 0.1) is 11.4 Å². The summed E-state index contributed by atoms with van der Waals surface area (Å²) in [5.41, 5.74) is 0. The number of rotatable bonds is 7. The minimum atomic E-state index is -0.862. The quantitative estimate of drug-likeness (QED) is 0.669. The number of carbonyl (C=O) groups is 1. The Morgan fingerprint density at radius 1 is 1.33 bits per heavy atom. The Kier molecular flexibility index (Phi) is 8.26. The fourth-order valence-corrected chi connectivity index (χ4v) is 4.11. The Labute approximate surface area is 130 Å². The highest BCUT2D eigenvalue weighted by atomic mass is 32.2. The van der Waals surface area contributed by atoms with Crippen molar-refractivity contribution in [3.8, 4) is 0 Å². The first-order valence-electron chi connectivity index (χ1n) is 8.05. The first-order chi connectivity index (χ1) is 9.95. The number of carbonyl (C=O) groups excluding carboxylic acids is 1. The molecule has 0 bridgehead atoms. The minimum Gasteiger partial charge on any atom is -0.393 e. The highest BCUT2D eigenvalue weighted by Gasteiger charge is 2.30. The van der Waals surface area contributed by atoms with Gasteiger partial charge in [0.25, 0.3) is 0 Å². The fraction of sp³-hybridized carbons (Fsp3) is 0.933. The largest absolute Gasteiger partial charge is 0.393 e. The van der Waals surface area contributed by atoms with Gasteiger partial charge in [0.2, 0.25) is 0 Å². The van der Waals surface area contributed by atoms with E-state index in [9.17, 15) is 14.1 Å². The molecule has 1 saturated carbocycles. The van der Waals surface area contributed by atoms with E-state index in [2.05, 4.69) is 10.6 Å². The lowest BCUT2D eigenvalue weighted by Gasteiger charge is -2.31. The van der Waals surface area contributed by atoms with Gasteiger partial charge >= 0.3 is 6.03 Å². The van der Waals surface area contributed by atoms with Gasteiger partial charge in [-0.05, 0) is 25.2 Å². The van der Waals surface area contributed by atoms with Crippen LogP contribution in [0.4, 0.5) is 4.79 Å². The van der Waals surface area contributed by atoms with Crippen LogP contribution >= 0.6 is 0 Å². The van der Waals surface area contributed by atoms with Gasteiger partial charge in [-0.2, -0.15) is 0 Å². The summed E-state index contributed by atoms with van der Waals surface area (Å²) in [4.78, 5) is 11.9.